The molecule has 1 amide bonds. The highest BCUT2D eigenvalue weighted by molar-refractivity contribution is 6.05. The van der Waals surface area contributed by atoms with Crippen molar-refractivity contribution >= 4 is 17.4 Å². The Bertz CT molecular complexity index is 728. The number of amides is 1. The van der Waals surface area contributed by atoms with Crippen LogP contribution in [0.2, 0.25) is 0 Å². The zero-order valence-corrected chi connectivity index (χ0v) is 12.8. The van der Waals surface area contributed by atoms with E-state index in [2.05, 4.69) is 5.32 Å². The van der Waals surface area contributed by atoms with Crippen LogP contribution in [0.5, 0.6) is 0 Å². The predicted octanol–water partition coefficient (Wildman–Crippen LogP) is 4.33. The van der Waals surface area contributed by atoms with Crippen LogP contribution in [-0.2, 0) is 0 Å². The molecule has 2 aromatic rings. The summed E-state index contributed by atoms with van der Waals surface area (Å²) < 4.78 is 0. The summed E-state index contributed by atoms with van der Waals surface area (Å²) in [4.78, 5) is 24.0. The van der Waals surface area contributed by atoms with Crippen LogP contribution in [0.4, 0.5) is 5.69 Å². The summed E-state index contributed by atoms with van der Waals surface area (Å²) in [5.74, 6) is 0.380. The highest BCUT2D eigenvalue weighted by Crippen LogP contribution is 2.43. The Balaban J connectivity index is 1.89. The normalized spacial score (nSPS) is 13.7. The summed E-state index contributed by atoms with van der Waals surface area (Å²) in [7, 11) is 0. The number of carbonyl (C=O) groups is 2. The third kappa shape index (κ3) is 3.08. The first-order valence-electron chi connectivity index (χ1n) is 7.57. The maximum atomic E-state index is 12.4. The fourth-order valence-electron chi connectivity index (χ4n) is 2.53. The monoisotopic (exact) mass is 293 g/mol. The second-order valence-corrected chi connectivity index (χ2v) is 5.95. The number of aryl methyl sites for hydroxylation is 1. The van der Waals surface area contributed by atoms with Gasteiger partial charge in [-0.05, 0) is 56.4 Å². The molecule has 1 N–H and O–H groups in total. The van der Waals surface area contributed by atoms with Crippen molar-refractivity contribution in [3.8, 4) is 0 Å². The van der Waals surface area contributed by atoms with E-state index in [0.717, 1.165) is 29.7 Å². The molecule has 2 aromatic carbocycles. The molecule has 3 rings (SSSR count). The van der Waals surface area contributed by atoms with Crippen LogP contribution in [0, 0.1) is 6.92 Å². The quantitative estimate of drug-likeness (QED) is 0.853. The smallest absolute Gasteiger partial charge is 0.255 e. The molecule has 22 heavy (non-hydrogen) atoms. The van der Waals surface area contributed by atoms with Crippen LogP contribution in [-0.4, -0.2) is 11.7 Å². The van der Waals surface area contributed by atoms with E-state index in [4.69, 9.17) is 0 Å². The average Bonchev–Trinajstić information content (AvgIpc) is 3.32. The summed E-state index contributed by atoms with van der Waals surface area (Å²) in [6.07, 6.45) is 2.29. The number of hydrogen-bond acceptors (Lipinski definition) is 2. The van der Waals surface area contributed by atoms with E-state index < -0.39 is 0 Å². The first-order chi connectivity index (χ1) is 10.5. The van der Waals surface area contributed by atoms with Crippen molar-refractivity contribution < 1.29 is 9.59 Å². The zero-order chi connectivity index (χ0) is 15.7. The van der Waals surface area contributed by atoms with E-state index in [9.17, 15) is 9.59 Å². The number of ketones is 1. The number of benzene rings is 2. The van der Waals surface area contributed by atoms with Crippen molar-refractivity contribution in [2.45, 2.75) is 32.6 Å². The van der Waals surface area contributed by atoms with Crippen LogP contribution in [0.25, 0.3) is 0 Å². The summed E-state index contributed by atoms with van der Waals surface area (Å²) >= 11 is 0. The molecule has 0 aromatic heterocycles. The van der Waals surface area contributed by atoms with Crippen LogP contribution >= 0.6 is 0 Å². The van der Waals surface area contributed by atoms with Crippen molar-refractivity contribution in [3.63, 3.8) is 0 Å². The third-order valence-electron chi connectivity index (χ3n) is 4.04. The molecule has 0 radical (unpaired) electrons. The van der Waals surface area contributed by atoms with Gasteiger partial charge in [0.25, 0.3) is 5.91 Å². The summed E-state index contributed by atoms with van der Waals surface area (Å²) in [5.41, 5.74) is 4.27. The van der Waals surface area contributed by atoms with Gasteiger partial charge in [0.15, 0.2) is 5.78 Å². The van der Waals surface area contributed by atoms with Gasteiger partial charge in [-0.3, -0.25) is 9.59 Å². The molecular weight excluding hydrogens is 274 g/mol. The fraction of sp³-hybridized carbons (Fsp3) is 0.263. The molecule has 0 atom stereocenters. The topological polar surface area (TPSA) is 46.2 Å². The molecule has 1 aliphatic rings. The highest BCUT2D eigenvalue weighted by atomic mass is 16.1. The van der Waals surface area contributed by atoms with Gasteiger partial charge in [-0.25, -0.2) is 0 Å². The molecule has 0 saturated heterocycles. The molecule has 1 saturated carbocycles. The summed E-state index contributed by atoms with van der Waals surface area (Å²) in [6, 6.07) is 13.1. The van der Waals surface area contributed by atoms with Gasteiger partial charge in [0, 0.05) is 16.8 Å². The molecule has 1 aliphatic carbocycles. The first kappa shape index (κ1) is 14.5. The van der Waals surface area contributed by atoms with E-state index >= 15 is 0 Å². The maximum absolute atomic E-state index is 12.4. The number of nitrogens with one attached hydrogen (secondary N) is 1. The molecule has 1 fully saturated rings. The van der Waals surface area contributed by atoms with Gasteiger partial charge in [-0.1, -0.05) is 29.8 Å². The fourth-order valence-corrected chi connectivity index (χ4v) is 2.53. The van der Waals surface area contributed by atoms with Gasteiger partial charge >= 0.3 is 0 Å². The van der Waals surface area contributed by atoms with Crippen molar-refractivity contribution in [2.75, 3.05) is 5.32 Å². The molecule has 0 bridgehead atoms. The van der Waals surface area contributed by atoms with Crippen molar-refractivity contribution in [1.82, 2.24) is 0 Å². The lowest BCUT2D eigenvalue weighted by atomic mass is 10.0. The lowest BCUT2D eigenvalue weighted by molar-refractivity contribution is 0.101. The molecule has 0 spiro atoms. The standard InChI is InChI=1S/C19H19NO2/c1-12-3-5-15(6-4-12)19(22)20-18-11-16(13(2)21)9-10-17(18)14-7-8-14/h3-6,9-11,14H,7-8H2,1-2H3,(H,20,22). The second kappa shape index (κ2) is 5.76. The van der Waals surface area contributed by atoms with Crippen LogP contribution in [0.15, 0.2) is 42.5 Å². The SMILES string of the molecule is CC(=O)c1ccc(C2CC2)c(NC(=O)c2ccc(C)cc2)c1. The van der Waals surface area contributed by atoms with Gasteiger partial charge in [0.2, 0.25) is 0 Å². The van der Waals surface area contributed by atoms with E-state index in [1.165, 1.54) is 6.92 Å². The van der Waals surface area contributed by atoms with Gasteiger partial charge in [-0.15, -0.1) is 0 Å². The minimum atomic E-state index is -0.136. The molecule has 0 unspecified atom stereocenters. The zero-order valence-electron chi connectivity index (χ0n) is 12.8. The van der Waals surface area contributed by atoms with Crippen LogP contribution in [0.3, 0.4) is 0 Å². The van der Waals surface area contributed by atoms with Crippen molar-refractivity contribution in [1.29, 1.82) is 0 Å². The van der Waals surface area contributed by atoms with Gasteiger partial charge in [0.05, 0.1) is 0 Å². The minimum Gasteiger partial charge on any atom is -0.322 e. The summed E-state index contributed by atoms with van der Waals surface area (Å²) in [5, 5.41) is 2.97. The largest absolute Gasteiger partial charge is 0.322 e. The molecule has 3 heteroatoms. The second-order valence-electron chi connectivity index (χ2n) is 5.95. The predicted molar refractivity (Wildman–Crippen MR) is 87.6 cm³/mol. The number of Topliss-reactive ketones (excluding diaryl/α,β-unsaturated/α-hetero) is 1. The molecule has 0 heterocycles. The van der Waals surface area contributed by atoms with E-state index in [1.807, 2.05) is 43.3 Å². The lowest BCUT2D eigenvalue weighted by Gasteiger charge is -2.12. The van der Waals surface area contributed by atoms with Crippen LogP contribution < -0.4 is 5.32 Å². The lowest BCUT2D eigenvalue weighted by Crippen LogP contribution is -2.13. The number of carbonyl (C=O) groups excluding carboxylic acids is 2. The molecular formula is C19H19NO2. The Morgan fingerprint density at radius 2 is 1.64 bits per heavy atom. The van der Waals surface area contributed by atoms with Crippen LogP contribution in [0.1, 0.15) is 57.5 Å². The Labute approximate surface area is 130 Å². The molecule has 3 nitrogen and oxygen atoms in total. The van der Waals surface area contributed by atoms with Crippen molar-refractivity contribution in [2.24, 2.45) is 0 Å². The van der Waals surface area contributed by atoms with Gasteiger partial charge in [0.1, 0.15) is 0 Å². The van der Waals surface area contributed by atoms with Crippen molar-refractivity contribution in [3.05, 3.63) is 64.7 Å². The highest BCUT2D eigenvalue weighted by Gasteiger charge is 2.27. The van der Waals surface area contributed by atoms with E-state index in [-0.39, 0.29) is 11.7 Å². The Hall–Kier alpha value is -2.42. The van der Waals surface area contributed by atoms with E-state index in [1.54, 1.807) is 6.07 Å². The van der Waals surface area contributed by atoms with E-state index in [0.29, 0.717) is 17.0 Å². The minimum absolute atomic E-state index is 0.00758. The Kier molecular flexibility index (Phi) is 3.80. The third-order valence-corrected chi connectivity index (χ3v) is 4.04. The number of anilines is 1. The van der Waals surface area contributed by atoms with Gasteiger partial charge in [-0.2, -0.15) is 0 Å². The summed E-state index contributed by atoms with van der Waals surface area (Å²) in [6.45, 7) is 3.53. The Morgan fingerprint density at radius 1 is 1.00 bits per heavy atom. The first-order valence-corrected chi connectivity index (χ1v) is 7.57. The molecule has 112 valence electrons. The molecule has 0 aliphatic heterocycles. The number of hydrogen-bond donors (Lipinski definition) is 1. The Morgan fingerprint density at radius 3 is 2.23 bits per heavy atom. The number of rotatable bonds is 4. The average molecular weight is 293 g/mol. The van der Waals surface area contributed by atoms with Gasteiger partial charge < -0.3 is 5.32 Å². The maximum Gasteiger partial charge on any atom is 0.255 e.